The molecular formula is C11H20ClN. The summed E-state index contributed by atoms with van der Waals surface area (Å²) in [5.41, 5.74) is 2.12. The van der Waals surface area contributed by atoms with Crippen molar-refractivity contribution in [3.8, 4) is 0 Å². The predicted octanol–water partition coefficient (Wildman–Crippen LogP) is 3.30. The summed E-state index contributed by atoms with van der Waals surface area (Å²) >= 11 is 5.44. The van der Waals surface area contributed by atoms with Crippen LogP contribution in [0.1, 0.15) is 39.0 Å². The van der Waals surface area contributed by atoms with Crippen molar-refractivity contribution in [1.82, 2.24) is 5.32 Å². The maximum Gasteiger partial charge on any atom is 0.0146 e. The second-order valence-corrected chi connectivity index (χ2v) is 4.62. The quantitative estimate of drug-likeness (QED) is 0.689. The zero-order chi connectivity index (χ0) is 9.57. The molecule has 0 aliphatic heterocycles. The summed E-state index contributed by atoms with van der Waals surface area (Å²) in [5.74, 6) is 0. The molecule has 1 N–H and O–H groups in total. The lowest BCUT2D eigenvalue weighted by molar-refractivity contribution is 0.210. The van der Waals surface area contributed by atoms with E-state index in [1.54, 1.807) is 5.54 Å². The van der Waals surface area contributed by atoms with Gasteiger partial charge in [-0.3, -0.25) is 0 Å². The number of rotatable bonds is 4. The molecule has 1 rings (SSSR count). The minimum atomic E-state index is 0.540. The van der Waals surface area contributed by atoms with Gasteiger partial charge in [-0.25, -0.2) is 0 Å². The molecule has 1 fully saturated rings. The molecule has 0 spiro atoms. The summed E-state index contributed by atoms with van der Waals surface area (Å²) in [6.45, 7) is 4.43. The summed E-state index contributed by atoms with van der Waals surface area (Å²) in [6, 6.07) is 0. The summed E-state index contributed by atoms with van der Waals surface area (Å²) in [7, 11) is 0. The van der Waals surface area contributed by atoms with Crippen LogP contribution in [0.25, 0.3) is 0 Å². The average molecular weight is 202 g/mol. The van der Waals surface area contributed by atoms with E-state index >= 15 is 0 Å². The van der Waals surface area contributed by atoms with Gasteiger partial charge in [-0.1, -0.05) is 43.9 Å². The number of hydrogen-bond acceptors (Lipinski definition) is 1. The molecule has 1 aliphatic carbocycles. The van der Waals surface area contributed by atoms with Crippen molar-refractivity contribution >= 4 is 11.6 Å². The van der Waals surface area contributed by atoms with Crippen LogP contribution in [0, 0.1) is 5.41 Å². The van der Waals surface area contributed by atoms with E-state index in [2.05, 4.69) is 12.2 Å². The Labute approximate surface area is 86.5 Å². The molecule has 0 unspecified atom stereocenters. The first-order chi connectivity index (χ1) is 6.27. The van der Waals surface area contributed by atoms with E-state index in [-0.39, 0.29) is 0 Å². The molecule has 1 nitrogen and oxygen atoms in total. The average Bonchev–Trinajstić information content (AvgIpc) is 2.14. The summed E-state index contributed by atoms with van der Waals surface area (Å²) in [4.78, 5) is 0. The van der Waals surface area contributed by atoms with Gasteiger partial charge in [0.25, 0.3) is 0 Å². The zero-order valence-electron chi connectivity index (χ0n) is 8.48. The van der Waals surface area contributed by atoms with Crippen LogP contribution in [-0.2, 0) is 0 Å². The first-order valence-electron chi connectivity index (χ1n) is 5.23. The van der Waals surface area contributed by atoms with Crippen molar-refractivity contribution in [2.24, 2.45) is 5.41 Å². The van der Waals surface area contributed by atoms with Crippen molar-refractivity contribution in [3.63, 3.8) is 0 Å². The van der Waals surface area contributed by atoms with Gasteiger partial charge in [0.05, 0.1) is 0 Å². The van der Waals surface area contributed by atoms with Gasteiger partial charge >= 0.3 is 0 Å². The highest BCUT2D eigenvalue weighted by atomic mass is 35.5. The van der Waals surface area contributed by atoms with Gasteiger partial charge in [0, 0.05) is 18.6 Å². The molecule has 0 radical (unpaired) electrons. The Morgan fingerprint density at radius 2 is 2.00 bits per heavy atom. The van der Waals surface area contributed by atoms with Crippen molar-refractivity contribution in [2.75, 3.05) is 13.1 Å². The van der Waals surface area contributed by atoms with Gasteiger partial charge in [0.15, 0.2) is 0 Å². The van der Waals surface area contributed by atoms with E-state index in [0.717, 1.165) is 13.1 Å². The van der Waals surface area contributed by atoms with Crippen LogP contribution >= 0.6 is 11.6 Å². The summed E-state index contributed by atoms with van der Waals surface area (Å²) in [5, 5.41) is 3.43. The molecule has 1 aliphatic rings. The van der Waals surface area contributed by atoms with Crippen molar-refractivity contribution < 1.29 is 0 Å². The van der Waals surface area contributed by atoms with Gasteiger partial charge in [0.1, 0.15) is 0 Å². The second kappa shape index (κ2) is 5.66. The highest BCUT2D eigenvalue weighted by Gasteiger charge is 2.25. The fraction of sp³-hybridized carbons (Fsp3) is 0.818. The van der Waals surface area contributed by atoms with Crippen LogP contribution in [0.2, 0.25) is 0 Å². The third kappa shape index (κ3) is 4.15. The smallest absolute Gasteiger partial charge is 0.0146 e. The molecule has 0 heterocycles. The number of hydrogen-bond donors (Lipinski definition) is 1. The van der Waals surface area contributed by atoms with Crippen LogP contribution < -0.4 is 5.32 Å². The lowest BCUT2D eigenvalue weighted by Crippen LogP contribution is -2.33. The highest BCUT2D eigenvalue weighted by molar-refractivity contribution is 6.25. The van der Waals surface area contributed by atoms with Crippen molar-refractivity contribution in [1.29, 1.82) is 0 Å². The Balaban J connectivity index is 2.17. The maximum absolute atomic E-state index is 5.44. The van der Waals surface area contributed by atoms with Gasteiger partial charge in [-0.15, -0.1) is 0 Å². The summed E-state index contributed by atoms with van der Waals surface area (Å²) < 4.78 is 0. The Bertz CT molecular complexity index is 159. The van der Waals surface area contributed by atoms with E-state index in [9.17, 15) is 0 Å². The van der Waals surface area contributed by atoms with Crippen LogP contribution in [0.3, 0.4) is 0 Å². The summed E-state index contributed by atoms with van der Waals surface area (Å²) in [6.07, 6.45) is 8.95. The highest BCUT2D eigenvalue weighted by Crippen LogP contribution is 2.34. The predicted molar refractivity (Wildman–Crippen MR) is 59.1 cm³/mol. The zero-order valence-corrected chi connectivity index (χ0v) is 9.24. The molecule has 0 aromatic rings. The lowest BCUT2D eigenvalue weighted by Gasteiger charge is -2.33. The molecule has 13 heavy (non-hydrogen) atoms. The Hall–Kier alpha value is -0.0100. The molecule has 0 atom stereocenters. The number of nitrogens with one attached hydrogen (secondary N) is 1. The molecule has 0 aromatic carbocycles. The Morgan fingerprint density at radius 1 is 1.31 bits per heavy atom. The third-order valence-electron chi connectivity index (χ3n) is 2.96. The van der Waals surface area contributed by atoms with Crippen LogP contribution in [-0.4, -0.2) is 13.1 Å². The first kappa shape index (κ1) is 11.1. The molecule has 0 amide bonds. The van der Waals surface area contributed by atoms with E-state index < -0.39 is 0 Å². The normalized spacial score (nSPS) is 22.3. The van der Waals surface area contributed by atoms with Gasteiger partial charge < -0.3 is 5.32 Å². The minimum absolute atomic E-state index is 0.540. The monoisotopic (exact) mass is 201 g/mol. The molecule has 0 saturated heterocycles. The molecular weight excluding hydrogens is 182 g/mol. The Kier molecular flexibility index (Phi) is 4.82. The van der Waals surface area contributed by atoms with Gasteiger partial charge in [0.2, 0.25) is 0 Å². The third-order valence-corrected chi connectivity index (χ3v) is 3.14. The Morgan fingerprint density at radius 3 is 2.62 bits per heavy atom. The maximum atomic E-state index is 5.44. The fourth-order valence-electron chi connectivity index (χ4n) is 2.08. The standard InChI is InChI=1S/C11H20ClN/c1-11(6-3-2-4-7-11)10-13-9-5-8-12/h5,8,13H,2-4,6-7,9-10H2,1H3/b8-5+. The van der Waals surface area contributed by atoms with Gasteiger partial charge in [-0.2, -0.15) is 0 Å². The largest absolute Gasteiger partial charge is 0.313 e. The SMILES string of the molecule is CC1(CNC/C=C/Cl)CCCCC1. The molecule has 76 valence electrons. The van der Waals surface area contributed by atoms with Crippen LogP contribution in [0.15, 0.2) is 11.6 Å². The van der Waals surface area contributed by atoms with Gasteiger partial charge in [-0.05, 0) is 18.3 Å². The fourth-order valence-corrected chi connectivity index (χ4v) is 2.17. The molecule has 0 bridgehead atoms. The van der Waals surface area contributed by atoms with E-state index in [0.29, 0.717) is 5.41 Å². The van der Waals surface area contributed by atoms with Crippen LogP contribution in [0.4, 0.5) is 0 Å². The molecule has 2 heteroatoms. The topological polar surface area (TPSA) is 12.0 Å². The second-order valence-electron chi connectivity index (χ2n) is 4.36. The number of halogens is 1. The van der Waals surface area contributed by atoms with E-state index in [4.69, 9.17) is 11.6 Å². The molecule has 1 saturated carbocycles. The minimum Gasteiger partial charge on any atom is -0.313 e. The van der Waals surface area contributed by atoms with E-state index in [1.807, 2.05) is 6.08 Å². The van der Waals surface area contributed by atoms with Crippen molar-refractivity contribution in [3.05, 3.63) is 11.6 Å². The lowest BCUT2D eigenvalue weighted by atomic mass is 9.76. The van der Waals surface area contributed by atoms with Crippen LogP contribution in [0.5, 0.6) is 0 Å². The van der Waals surface area contributed by atoms with Crippen molar-refractivity contribution in [2.45, 2.75) is 39.0 Å². The van der Waals surface area contributed by atoms with E-state index in [1.165, 1.54) is 32.1 Å². The molecule has 0 aromatic heterocycles. The first-order valence-corrected chi connectivity index (χ1v) is 5.66.